The summed E-state index contributed by atoms with van der Waals surface area (Å²) in [6, 6.07) is 19.4. The first kappa shape index (κ1) is 28.0. The van der Waals surface area contributed by atoms with Gasteiger partial charge in [-0.25, -0.2) is 4.98 Å². The van der Waals surface area contributed by atoms with Crippen LogP contribution in [0.25, 0.3) is 11.0 Å². The van der Waals surface area contributed by atoms with Gasteiger partial charge in [0.1, 0.15) is 5.82 Å². The zero-order valence-corrected chi connectivity index (χ0v) is 23.8. The lowest BCUT2D eigenvalue weighted by atomic mass is 10.1. The minimum Gasteiger partial charge on any atom is -0.448 e. The molecule has 0 bridgehead atoms. The van der Waals surface area contributed by atoms with Gasteiger partial charge in [-0.05, 0) is 42.3 Å². The number of ether oxygens (including phenoxy) is 2. The molecular formula is C30H30N4O6S. The van der Waals surface area contributed by atoms with Gasteiger partial charge in [0.05, 0.1) is 24.1 Å². The van der Waals surface area contributed by atoms with Crippen molar-refractivity contribution in [1.29, 1.82) is 0 Å². The third-order valence-electron chi connectivity index (χ3n) is 6.83. The number of fused-ring (bicyclic) bond motifs is 2. The van der Waals surface area contributed by atoms with Crippen molar-refractivity contribution in [1.82, 2.24) is 19.8 Å². The Bertz CT molecular complexity index is 1600. The summed E-state index contributed by atoms with van der Waals surface area (Å²) in [4.78, 5) is 58.7. The molecule has 0 spiro atoms. The van der Waals surface area contributed by atoms with Gasteiger partial charge in [-0.15, -0.1) is 11.3 Å². The molecule has 4 aromatic rings. The Morgan fingerprint density at radius 2 is 1.49 bits per heavy atom. The Morgan fingerprint density at radius 3 is 2.17 bits per heavy atom. The zero-order chi connectivity index (χ0) is 29.1. The summed E-state index contributed by atoms with van der Waals surface area (Å²) in [5.41, 5.74) is 3.89. The number of esters is 2. The summed E-state index contributed by atoms with van der Waals surface area (Å²) < 4.78 is 12.7. The molecule has 0 saturated carbocycles. The number of imidazole rings is 1. The standard InChI is InChI=1S/C30H30N4O6S/c1-18-32-25-10-6-7-11-26(25)34(18)17-24-13-12-23(41-24)14-31-29(37)27(39-19(2)35)28(40-20(3)36)30(38)33-15-21-8-4-5-9-22(21)16-33/h4-13,27-28H,14-17H2,1-3H3,(H,31,37)/t27-,28-/m1/s1. The molecule has 0 unspecified atom stereocenters. The van der Waals surface area contributed by atoms with E-state index in [0.29, 0.717) is 19.6 Å². The van der Waals surface area contributed by atoms with Crippen molar-refractivity contribution >= 4 is 46.1 Å². The predicted molar refractivity (Wildman–Crippen MR) is 152 cm³/mol. The molecule has 41 heavy (non-hydrogen) atoms. The van der Waals surface area contributed by atoms with Crippen LogP contribution in [-0.2, 0) is 54.8 Å². The number of hydrogen-bond donors (Lipinski definition) is 1. The maximum absolute atomic E-state index is 13.5. The topological polar surface area (TPSA) is 120 Å². The van der Waals surface area contributed by atoms with E-state index < -0.39 is 36.0 Å². The molecule has 1 aliphatic heterocycles. The third kappa shape index (κ3) is 6.30. The van der Waals surface area contributed by atoms with E-state index in [9.17, 15) is 19.2 Å². The van der Waals surface area contributed by atoms with Gasteiger partial charge < -0.3 is 24.3 Å². The largest absolute Gasteiger partial charge is 0.448 e. The van der Waals surface area contributed by atoms with E-state index in [1.165, 1.54) is 16.2 Å². The molecule has 1 aliphatic rings. The number of aromatic nitrogens is 2. The monoisotopic (exact) mass is 574 g/mol. The molecular weight excluding hydrogens is 544 g/mol. The van der Waals surface area contributed by atoms with Gasteiger partial charge in [0.25, 0.3) is 11.8 Å². The van der Waals surface area contributed by atoms with E-state index in [-0.39, 0.29) is 6.54 Å². The minimum atomic E-state index is -1.65. The van der Waals surface area contributed by atoms with Crippen LogP contribution >= 0.6 is 11.3 Å². The lowest BCUT2D eigenvalue weighted by Crippen LogP contribution is -2.53. The number of thiophene rings is 1. The molecule has 2 amide bonds. The molecule has 2 atom stereocenters. The van der Waals surface area contributed by atoms with Crippen LogP contribution in [0, 0.1) is 6.92 Å². The lowest BCUT2D eigenvalue weighted by molar-refractivity contribution is -0.178. The van der Waals surface area contributed by atoms with Crippen LogP contribution in [0.3, 0.4) is 0 Å². The number of nitrogens with one attached hydrogen (secondary N) is 1. The lowest BCUT2D eigenvalue weighted by Gasteiger charge is -2.28. The highest BCUT2D eigenvalue weighted by Crippen LogP contribution is 2.25. The van der Waals surface area contributed by atoms with Crippen LogP contribution in [0.1, 0.15) is 40.6 Å². The van der Waals surface area contributed by atoms with Crippen molar-refractivity contribution in [2.24, 2.45) is 0 Å². The highest BCUT2D eigenvalue weighted by atomic mass is 32.1. The van der Waals surface area contributed by atoms with Crippen LogP contribution < -0.4 is 5.32 Å². The van der Waals surface area contributed by atoms with E-state index in [0.717, 1.165) is 51.6 Å². The van der Waals surface area contributed by atoms with Crippen LogP contribution in [0.5, 0.6) is 0 Å². The van der Waals surface area contributed by atoms with E-state index in [2.05, 4.69) is 14.9 Å². The summed E-state index contributed by atoms with van der Waals surface area (Å²) in [5.74, 6) is -1.99. The molecule has 0 aliphatic carbocycles. The zero-order valence-electron chi connectivity index (χ0n) is 23.0. The fourth-order valence-corrected chi connectivity index (χ4v) is 5.90. The number of nitrogens with zero attached hydrogens (tertiary/aromatic N) is 3. The van der Waals surface area contributed by atoms with E-state index in [4.69, 9.17) is 9.47 Å². The molecule has 5 rings (SSSR count). The SMILES string of the molecule is CC(=O)O[C@@H](C(=O)NCc1ccc(Cn2c(C)nc3ccccc32)s1)[C@@H](OC(C)=O)C(=O)N1Cc2ccccc2C1. The maximum atomic E-state index is 13.5. The average molecular weight is 575 g/mol. The molecule has 0 fully saturated rings. The Labute approximate surface area is 240 Å². The number of amides is 2. The average Bonchev–Trinajstić information content (AvgIpc) is 3.66. The van der Waals surface area contributed by atoms with E-state index >= 15 is 0 Å². The quantitative estimate of drug-likeness (QED) is 0.304. The molecule has 0 radical (unpaired) electrons. The normalized spacial score (nSPS) is 13.9. The molecule has 0 saturated heterocycles. The third-order valence-corrected chi connectivity index (χ3v) is 7.90. The molecule has 2 aromatic carbocycles. The van der Waals surface area contributed by atoms with Crippen LogP contribution in [0.2, 0.25) is 0 Å². The summed E-state index contributed by atoms with van der Waals surface area (Å²) in [7, 11) is 0. The number of rotatable bonds is 9. The molecule has 2 aromatic heterocycles. The predicted octanol–water partition coefficient (Wildman–Crippen LogP) is 3.48. The van der Waals surface area contributed by atoms with Gasteiger partial charge in [0.15, 0.2) is 0 Å². The molecule has 1 N–H and O–H groups in total. The van der Waals surface area contributed by atoms with Crippen LogP contribution in [0.4, 0.5) is 0 Å². The number of benzene rings is 2. The molecule has 11 heteroatoms. The summed E-state index contributed by atoms with van der Waals surface area (Å²) in [6.07, 6.45) is -3.27. The van der Waals surface area contributed by atoms with Crippen molar-refractivity contribution in [2.75, 3.05) is 0 Å². The van der Waals surface area contributed by atoms with Gasteiger partial charge in [0.2, 0.25) is 12.2 Å². The molecule has 3 heterocycles. The Kier molecular flexibility index (Phi) is 8.16. The molecule has 212 valence electrons. The Morgan fingerprint density at radius 1 is 0.878 bits per heavy atom. The first-order valence-electron chi connectivity index (χ1n) is 13.2. The minimum absolute atomic E-state index is 0.140. The van der Waals surface area contributed by atoms with Gasteiger partial charge in [0, 0.05) is 36.7 Å². The summed E-state index contributed by atoms with van der Waals surface area (Å²) >= 11 is 1.52. The first-order valence-corrected chi connectivity index (χ1v) is 14.0. The van der Waals surface area contributed by atoms with Crippen LogP contribution in [0.15, 0.2) is 60.7 Å². The Balaban J connectivity index is 1.28. The molecule has 10 nitrogen and oxygen atoms in total. The summed E-state index contributed by atoms with van der Waals surface area (Å²) in [5, 5.41) is 2.75. The second-order valence-electron chi connectivity index (χ2n) is 9.84. The van der Waals surface area contributed by atoms with Crippen molar-refractivity contribution in [2.45, 2.75) is 59.2 Å². The highest BCUT2D eigenvalue weighted by molar-refractivity contribution is 7.12. The number of carbonyl (C=O) groups is 4. The fourth-order valence-electron chi connectivity index (χ4n) is 4.95. The van der Waals surface area contributed by atoms with Gasteiger partial charge >= 0.3 is 11.9 Å². The number of aryl methyl sites for hydroxylation is 1. The van der Waals surface area contributed by atoms with Crippen molar-refractivity contribution in [3.63, 3.8) is 0 Å². The van der Waals surface area contributed by atoms with E-state index in [1.54, 1.807) is 0 Å². The van der Waals surface area contributed by atoms with E-state index in [1.807, 2.05) is 67.6 Å². The van der Waals surface area contributed by atoms with Gasteiger partial charge in [-0.1, -0.05) is 36.4 Å². The Hall–Kier alpha value is -4.51. The number of carbonyl (C=O) groups excluding carboxylic acids is 4. The second kappa shape index (κ2) is 11.9. The van der Waals surface area contributed by atoms with Gasteiger partial charge in [-0.3, -0.25) is 19.2 Å². The van der Waals surface area contributed by atoms with Crippen molar-refractivity contribution < 1.29 is 28.7 Å². The second-order valence-corrected chi connectivity index (χ2v) is 11.1. The first-order chi connectivity index (χ1) is 19.7. The highest BCUT2D eigenvalue weighted by Gasteiger charge is 2.42. The van der Waals surface area contributed by atoms with Crippen molar-refractivity contribution in [3.8, 4) is 0 Å². The maximum Gasteiger partial charge on any atom is 0.303 e. The van der Waals surface area contributed by atoms with Crippen molar-refractivity contribution in [3.05, 3.63) is 87.4 Å². The van der Waals surface area contributed by atoms with Gasteiger partial charge in [-0.2, -0.15) is 0 Å². The van der Waals surface area contributed by atoms with Crippen LogP contribution in [-0.4, -0.2) is 50.4 Å². The number of para-hydroxylation sites is 2. The number of hydrogen-bond acceptors (Lipinski definition) is 8. The summed E-state index contributed by atoms with van der Waals surface area (Å²) in [6.45, 7) is 5.60. The smallest absolute Gasteiger partial charge is 0.303 e. The fraction of sp³-hybridized carbons (Fsp3) is 0.300.